The molecule has 98 valence electrons. The molecular formula is C15H15NO3. The van der Waals surface area contributed by atoms with E-state index in [1.807, 2.05) is 0 Å². The van der Waals surface area contributed by atoms with E-state index in [1.165, 1.54) is 0 Å². The lowest BCUT2D eigenvalue weighted by atomic mass is 9.80. The molecule has 0 amide bonds. The summed E-state index contributed by atoms with van der Waals surface area (Å²) in [5.41, 5.74) is 4.86. The highest BCUT2D eigenvalue weighted by atomic mass is 16.4. The summed E-state index contributed by atoms with van der Waals surface area (Å²) >= 11 is 0. The molecule has 2 aromatic rings. The Morgan fingerprint density at radius 1 is 0.947 bits per heavy atom. The van der Waals surface area contributed by atoms with E-state index in [-0.39, 0.29) is 0 Å². The fraction of sp³-hybridized carbons (Fsp3) is 0.133. The average molecular weight is 257 g/mol. The van der Waals surface area contributed by atoms with E-state index in [4.69, 9.17) is 10.8 Å². The zero-order valence-electron chi connectivity index (χ0n) is 10.2. The highest BCUT2D eigenvalue weighted by Gasteiger charge is 2.42. The van der Waals surface area contributed by atoms with Gasteiger partial charge in [-0.25, -0.2) is 0 Å². The van der Waals surface area contributed by atoms with Gasteiger partial charge in [-0.3, -0.25) is 4.79 Å². The lowest BCUT2D eigenvalue weighted by molar-refractivity contribution is -0.144. The van der Waals surface area contributed by atoms with Gasteiger partial charge in [0, 0.05) is 0 Å². The summed E-state index contributed by atoms with van der Waals surface area (Å²) in [6, 6.07) is 15.7. The number of hydrogen-bond acceptors (Lipinski definition) is 3. The molecule has 0 fully saturated rings. The topological polar surface area (TPSA) is 83.6 Å². The average Bonchev–Trinajstić information content (AvgIpc) is 2.47. The van der Waals surface area contributed by atoms with Gasteiger partial charge in [0.25, 0.3) is 0 Å². The molecule has 1 atom stereocenters. The van der Waals surface area contributed by atoms with Crippen LogP contribution in [0.5, 0.6) is 0 Å². The number of hydrogen-bond donors (Lipinski definition) is 3. The molecule has 0 heterocycles. The van der Waals surface area contributed by atoms with Gasteiger partial charge in [-0.05, 0) is 11.1 Å². The maximum atomic E-state index is 11.2. The number of nitrogens with two attached hydrogens (primary N) is 1. The van der Waals surface area contributed by atoms with Crippen LogP contribution in [0.25, 0.3) is 0 Å². The van der Waals surface area contributed by atoms with Gasteiger partial charge in [0.2, 0.25) is 0 Å². The number of carbonyl (C=O) groups is 1. The smallest absolute Gasteiger partial charge is 0.324 e. The third-order valence-corrected chi connectivity index (χ3v) is 3.14. The second-order valence-electron chi connectivity index (χ2n) is 4.31. The van der Waals surface area contributed by atoms with E-state index in [9.17, 15) is 9.90 Å². The summed E-state index contributed by atoms with van der Waals surface area (Å²) < 4.78 is 0. The minimum absolute atomic E-state index is 0.455. The molecule has 19 heavy (non-hydrogen) atoms. The predicted molar refractivity (Wildman–Crippen MR) is 71.5 cm³/mol. The first-order valence-corrected chi connectivity index (χ1v) is 5.88. The zero-order valence-corrected chi connectivity index (χ0v) is 10.2. The van der Waals surface area contributed by atoms with Crippen LogP contribution in [-0.4, -0.2) is 22.2 Å². The Kier molecular flexibility index (Phi) is 3.64. The number of carboxylic acids is 1. The fourth-order valence-corrected chi connectivity index (χ4v) is 2.09. The minimum atomic E-state index is -1.76. The number of rotatable bonds is 4. The Hall–Kier alpha value is -2.17. The van der Waals surface area contributed by atoms with Gasteiger partial charge in [0.05, 0.1) is 0 Å². The van der Waals surface area contributed by atoms with Crippen molar-refractivity contribution < 1.29 is 15.0 Å². The Balaban J connectivity index is 2.61. The molecule has 0 radical (unpaired) electrons. The van der Waals surface area contributed by atoms with Crippen molar-refractivity contribution in [2.24, 2.45) is 5.73 Å². The molecule has 0 aromatic heterocycles. The van der Waals surface area contributed by atoms with Crippen molar-refractivity contribution in [1.82, 2.24) is 0 Å². The van der Waals surface area contributed by atoms with Gasteiger partial charge in [0.1, 0.15) is 11.6 Å². The van der Waals surface area contributed by atoms with Crippen LogP contribution in [0.4, 0.5) is 0 Å². The maximum Gasteiger partial charge on any atom is 0.324 e. The second kappa shape index (κ2) is 5.22. The monoisotopic (exact) mass is 257 g/mol. The molecule has 0 aliphatic carbocycles. The number of benzene rings is 2. The van der Waals surface area contributed by atoms with Gasteiger partial charge < -0.3 is 15.9 Å². The molecule has 4 N–H and O–H groups in total. The van der Waals surface area contributed by atoms with E-state index in [0.717, 1.165) is 0 Å². The molecule has 0 aliphatic rings. The summed E-state index contributed by atoms with van der Waals surface area (Å²) in [6.45, 7) is 0. The summed E-state index contributed by atoms with van der Waals surface area (Å²) in [5.74, 6) is -1.25. The van der Waals surface area contributed by atoms with Crippen molar-refractivity contribution in [2.45, 2.75) is 11.6 Å². The van der Waals surface area contributed by atoms with Gasteiger partial charge in [-0.1, -0.05) is 60.7 Å². The lowest BCUT2D eigenvalue weighted by Gasteiger charge is -2.32. The van der Waals surface area contributed by atoms with Crippen molar-refractivity contribution in [3.63, 3.8) is 0 Å². The van der Waals surface area contributed by atoms with Crippen LogP contribution in [0.2, 0.25) is 0 Å². The Morgan fingerprint density at radius 3 is 1.63 bits per heavy atom. The number of aliphatic hydroxyl groups is 1. The van der Waals surface area contributed by atoms with E-state index in [0.29, 0.717) is 11.1 Å². The molecule has 4 heteroatoms. The molecule has 0 saturated heterocycles. The molecule has 0 saturated carbocycles. The van der Waals surface area contributed by atoms with Crippen molar-refractivity contribution in [3.05, 3.63) is 71.8 Å². The molecule has 2 aromatic carbocycles. The van der Waals surface area contributed by atoms with Gasteiger partial charge in [-0.15, -0.1) is 0 Å². The zero-order chi connectivity index (χ0) is 13.9. The van der Waals surface area contributed by atoms with Gasteiger partial charge in [-0.2, -0.15) is 0 Å². The second-order valence-corrected chi connectivity index (χ2v) is 4.31. The van der Waals surface area contributed by atoms with E-state index >= 15 is 0 Å². The van der Waals surface area contributed by atoms with Crippen molar-refractivity contribution in [2.75, 3.05) is 0 Å². The van der Waals surface area contributed by atoms with Gasteiger partial charge >= 0.3 is 5.97 Å². The third kappa shape index (κ3) is 2.36. The standard InChI is InChI=1S/C15H15NO3/c16-13(14(17)18)15(19,11-7-3-1-4-8-11)12-9-5-2-6-10-12/h1-10,13,19H,16H2,(H,17,18)/t13-/m1/s1. The Bertz CT molecular complexity index is 515. The number of aliphatic carboxylic acids is 1. The molecule has 0 spiro atoms. The highest BCUT2D eigenvalue weighted by Crippen LogP contribution is 2.32. The molecule has 4 nitrogen and oxygen atoms in total. The van der Waals surface area contributed by atoms with Crippen LogP contribution < -0.4 is 5.73 Å². The fourth-order valence-electron chi connectivity index (χ4n) is 2.09. The molecule has 2 rings (SSSR count). The van der Waals surface area contributed by atoms with Crippen LogP contribution in [-0.2, 0) is 10.4 Å². The van der Waals surface area contributed by atoms with E-state index in [2.05, 4.69) is 0 Å². The van der Waals surface area contributed by atoms with Crippen LogP contribution in [0.15, 0.2) is 60.7 Å². The first-order chi connectivity index (χ1) is 9.06. The Morgan fingerprint density at radius 2 is 1.32 bits per heavy atom. The summed E-state index contributed by atoms with van der Waals surface area (Å²) in [6.07, 6.45) is 0. The van der Waals surface area contributed by atoms with Crippen LogP contribution in [0, 0.1) is 0 Å². The molecule has 0 aliphatic heterocycles. The first-order valence-electron chi connectivity index (χ1n) is 5.88. The highest BCUT2D eigenvalue weighted by molar-refractivity contribution is 5.76. The maximum absolute atomic E-state index is 11.2. The lowest BCUT2D eigenvalue weighted by Crippen LogP contribution is -2.51. The predicted octanol–water partition coefficient (Wildman–Crippen LogP) is 1.33. The quantitative estimate of drug-likeness (QED) is 0.771. The molecule has 0 unspecified atom stereocenters. The van der Waals surface area contributed by atoms with Crippen molar-refractivity contribution in [3.8, 4) is 0 Å². The number of carboxylic acid groups (broad SMARTS) is 1. The molecule has 0 bridgehead atoms. The SMILES string of the molecule is N[C@H](C(=O)O)C(O)(c1ccccc1)c1ccccc1. The largest absolute Gasteiger partial charge is 0.480 e. The minimum Gasteiger partial charge on any atom is -0.480 e. The summed E-state index contributed by atoms with van der Waals surface area (Å²) in [5, 5.41) is 20.0. The normalized spacial score (nSPS) is 12.9. The van der Waals surface area contributed by atoms with Crippen LogP contribution in [0.1, 0.15) is 11.1 Å². The van der Waals surface area contributed by atoms with Crippen LogP contribution in [0.3, 0.4) is 0 Å². The van der Waals surface area contributed by atoms with Crippen molar-refractivity contribution >= 4 is 5.97 Å². The first kappa shape index (κ1) is 13.3. The third-order valence-electron chi connectivity index (χ3n) is 3.14. The summed E-state index contributed by atoms with van der Waals surface area (Å²) in [4.78, 5) is 11.2. The molecular weight excluding hydrogens is 242 g/mol. The van der Waals surface area contributed by atoms with Crippen molar-refractivity contribution in [1.29, 1.82) is 0 Å². The van der Waals surface area contributed by atoms with Gasteiger partial charge in [0.15, 0.2) is 0 Å². The van der Waals surface area contributed by atoms with E-state index < -0.39 is 17.6 Å². The van der Waals surface area contributed by atoms with Crippen LogP contribution >= 0.6 is 0 Å². The summed E-state index contributed by atoms with van der Waals surface area (Å²) in [7, 11) is 0. The Labute approximate surface area is 111 Å². The van der Waals surface area contributed by atoms with E-state index in [1.54, 1.807) is 60.7 Å².